The molecular weight excluding hydrogens is 131 g/mol. The van der Waals surface area contributed by atoms with Gasteiger partial charge in [-0.2, -0.15) is 17.3 Å². The number of hydrogen-bond donors (Lipinski definition) is 0. The minimum atomic E-state index is 0. The Morgan fingerprint density at radius 2 is 1.20 bits per heavy atom. The molecule has 36 valence electrons. The van der Waals surface area contributed by atoms with Gasteiger partial charge in [-0.15, -0.1) is 0 Å². The van der Waals surface area contributed by atoms with Gasteiger partial charge in [0.25, 0.3) is 0 Å². The molecule has 4 heteroatoms. The fourth-order valence-electron chi connectivity index (χ4n) is 0. The van der Waals surface area contributed by atoms with Crippen LogP contribution in [0, 0.1) is 0 Å². The molecule has 0 fully saturated rings. The quantitative estimate of drug-likeness (QED) is 0.496. The Kier molecular flexibility index (Phi) is 69.9. The van der Waals surface area contributed by atoms with Gasteiger partial charge in [-0.05, 0) is 0 Å². The predicted octanol–water partition coefficient (Wildman–Crippen LogP) is 2.06. The first-order valence-corrected chi connectivity index (χ1v) is 0.926. The molecule has 0 aliphatic heterocycles. The van der Waals surface area contributed by atoms with Crippen molar-refractivity contribution in [1.29, 1.82) is 0 Å². The molecule has 0 N–H and O–H groups in total. The van der Waals surface area contributed by atoms with Crippen molar-refractivity contribution in [2.24, 2.45) is 0 Å². The largest absolute Gasteiger partial charge is 0.197 e. The Balaban J connectivity index is -0.0000000200. The molecule has 0 saturated heterocycles. The van der Waals surface area contributed by atoms with E-state index in [4.69, 9.17) is 0 Å². The van der Waals surface area contributed by atoms with Crippen molar-refractivity contribution in [3.05, 3.63) is 0 Å². The van der Waals surface area contributed by atoms with Crippen LogP contribution in [0.4, 0.5) is 0 Å². The molecule has 0 aliphatic rings. The molecule has 0 amide bonds. The monoisotopic (exact) mass is 136 g/mol. The molecule has 0 radical (unpaired) electrons. The molecule has 0 aromatic rings. The van der Waals surface area contributed by atoms with Crippen LogP contribution in [0.3, 0.4) is 0 Å². The maximum atomic E-state index is 4.26. The smallest absolute Gasteiger partial charge is 0.0832 e. The van der Waals surface area contributed by atoms with Gasteiger partial charge in [0.1, 0.15) is 0 Å². The first-order chi connectivity index (χ1) is 1.41. The lowest BCUT2D eigenvalue weighted by Gasteiger charge is -1.46. The fourth-order valence-corrected chi connectivity index (χ4v) is 0. The molecule has 0 unspecified atom stereocenters. The highest BCUT2D eigenvalue weighted by molar-refractivity contribution is 7.59. The van der Waals surface area contributed by atoms with Crippen LogP contribution in [0.15, 0.2) is 0 Å². The van der Waals surface area contributed by atoms with Crippen molar-refractivity contribution in [2.45, 2.75) is 7.43 Å². The summed E-state index contributed by atoms with van der Waals surface area (Å²) in [6, 6.07) is 0. The summed E-state index contributed by atoms with van der Waals surface area (Å²) < 4.78 is 3.19. The van der Waals surface area contributed by atoms with Gasteiger partial charge in [0.05, 0.1) is 23.7 Å². The molecule has 0 heterocycles. The van der Waals surface area contributed by atoms with E-state index in [1.54, 1.807) is 0 Å². The van der Waals surface area contributed by atoms with Gasteiger partial charge in [-0.1, -0.05) is 7.43 Å². The summed E-state index contributed by atoms with van der Waals surface area (Å²) in [7, 11) is 0. The summed E-state index contributed by atoms with van der Waals surface area (Å²) in [6.07, 6.45) is 0. The van der Waals surface area contributed by atoms with E-state index in [1.165, 1.54) is 0 Å². The third-order valence-electron chi connectivity index (χ3n) is 0. The molecule has 1 nitrogen and oxygen atoms in total. The SMILES string of the molecule is C.ClOCl.S. The summed E-state index contributed by atoms with van der Waals surface area (Å²) in [5.41, 5.74) is 0. The number of rotatable bonds is 0. The van der Waals surface area contributed by atoms with Gasteiger partial charge in [-0.25, -0.2) is 0 Å². The fraction of sp³-hybridized carbons (Fsp3) is 1.00. The highest BCUT2D eigenvalue weighted by Crippen LogP contribution is 1.78. The van der Waals surface area contributed by atoms with Crippen LogP contribution in [0.2, 0.25) is 0 Å². The molecular formula is CH6Cl2OS. The van der Waals surface area contributed by atoms with E-state index >= 15 is 0 Å². The van der Waals surface area contributed by atoms with E-state index in [1.807, 2.05) is 0 Å². The molecule has 0 bridgehead atoms. The van der Waals surface area contributed by atoms with Crippen LogP contribution >= 0.6 is 37.2 Å². The third kappa shape index (κ3) is 51.6. The van der Waals surface area contributed by atoms with Crippen molar-refractivity contribution < 1.29 is 3.84 Å². The van der Waals surface area contributed by atoms with Gasteiger partial charge >= 0.3 is 0 Å². The second-order valence-electron chi connectivity index (χ2n) is 0.0583. The maximum Gasteiger partial charge on any atom is 0.0832 e. The van der Waals surface area contributed by atoms with E-state index in [2.05, 4.69) is 27.6 Å². The van der Waals surface area contributed by atoms with E-state index in [9.17, 15) is 0 Å². The molecule has 0 saturated carbocycles. The van der Waals surface area contributed by atoms with Gasteiger partial charge in [0.15, 0.2) is 0 Å². The minimum Gasteiger partial charge on any atom is -0.197 e. The number of halogens is 2. The van der Waals surface area contributed by atoms with E-state index in [-0.39, 0.29) is 20.9 Å². The van der Waals surface area contributed by atoms with Crippen LogP contribution in [-0.2, 0) is 3.84 Å². The van der Waals surface area contributed by atoms with Crippen LogP contribution < -0.4 is 0 Å². The summed E-state index contributed by atoms with van der Waals surface area (Å²) in [5.74, 6) is 0. The van der Waals surface area contributed by atoms with Crippen molar-refractivity contribution >= 4 is 37.2 Å². The highest BCUT2D eigenvalue weighted by Gasteiger charge is 1.38. The highest BCUT2D eigenvalue weighted by atomic mass is 35.6. The zero-order valence-corrected chi connectivity index (χ0v) is 4.18. The molecule has 0 aliphatic carbocycles. The normalized spacial score (nSPS) is 3.60. The van der Waals surface area contributed by atoms with Crippen molar-refractivity contribution in [2.75, 3.05) is 0 Å². The molecule has 0 aromatic carbocycles. The average Bonchev–Trinajstić information content (AvgIpc) is 0.918. The molecule has 5 heavy (non-hydrogen) atoms. The lowest BCUT2D eigenvalue weighted by Crippen LogP contribution is -1.15. The van der Waals surface area contributed by atoms with Crippen LogP contribution in [0.25, 0.3) is 0 Å². The zero-order valence-electron chi connectivity index (χ0n) is 1.66. The van der Waals surface area contributed by atoms with Gasteiger partial charge in [0, 0.05) is 0 Å². The summed E-state index contributed by atoms with van der Waals surface area (Å²) in [4.78, 5) is 0. The van der Waals surface area contributed by atoms with Gasteiger partial charge in [0.2, 0.25) is 0 Å². The first-order valence-electron chi connectivity index (χ1n) is 0.309. The Labute approximate surface area is 49.0 Å². The molecule has 0 aromatic heterocycles. The lowest BCUT2D eigenvalue weighted by molar-refractivity contribution is 0.697. The average molecular weight is 137 g/mol. The Bertz CT molecular complexity index is 9.61. The Morgan fingerprint density at radius 3 is 1.20 bits per heavy atom. The Morgan fingerprint density at radius 1 is 1.20 bits per heavy atom. The first kappa shape index (κ1) is 16.9. The topological polar surface area (TPSA) is 9.23 Å². The van der Waals surface area contributed by atoms with Crippen molar-refractivity contribution in [1.82, 2.24) is 0 Å². The molecule has 0 spiro atoms. The van der Waals surface area contributed by atoms with Crippen LogP contribution in [-0.4, -0.2) is 0 Å². The lowest BCUT2D eigenvalue weighted by atomic mass is 12.0. The van der Waals surface area contributed by atoms with Gasteiger partial charge < -0.3 is 0 Å². The standard InChI is InChI=1S/CH4.Cl2O.H2S/c;1-3-2;/h1H4;;1H2. The molecule has 0 rings (SSSR count). The van der Waals surface area contributed by atoms with Crippen molar-refractivity contribution in [3.63, 3.8) is 0 Å². The maximum absolute atomic E-state index is 4.26. The molecule has 0 atom stereocenters. The predicted molar refractivity (Wildman–Crippen MR) is 29.9 cm³/mol. The number of hydrogen-bond acceptors (Lipinski definition) is 1. The van der Waals surface area contributed by atoms with E-state index in [0.717, 1.165) is 0 Å². The van der Waals surface area contributed by atoms with Crippen molar-refractivity contribution in [3.8, 4) is 0 Å². The van der Waals surface area contributed by atoms with Crippen LogP contribution in [0.5, 0.6) is 0 Å². The minimum absolute atomic E-state index is 0. The van der Waals surface area contributed by atoms with Crippen LogP contribution in [0.1, 0.15) is 7.43 Å². The summed E-state index contributed by atoms with van der Waals surface area (Å²) in [6.45, 7) is 0. The summed E-state index contributed by atoms with van der Waals surface area (Å²) >= 11 is 8.53. The zero-order chi connectivity index (χ0) is 2.71. The van der Waals surface area contributed by atoms with E-state index in [0.29, 0.717) is 0 Å². The second-order valence-corrected chi connectivity index (χ2v) is 0.525. The van der Waals surface area contributed by atoms with E-state index < -0.39 is 0 Å². The Hall–Kier alpha value is 0.890. The van der Waals surface area contributed by atoms with Gasteiger partial charge in [-0.3, -0.25) is 0 Å². The third-order valence-corrected chi connectivity index (χ3v) is 0. The summed E-state index contributed by atoms with van der Waals surface area (Å²) in [5, 5.41) is 0. The second kappa shape index (κ2) is 20.7.